The molecule has 1 heterocycles. The van der Waals surface area contributed by atoms with Gasteiger partial charge in [0.1, 0.15) is 6.04 Å². The number of carbonyl (C=O) groups excluding carboxylic acids is 2. The smallest absolute Gasteiger partial charge is 0.247 e. The van der Waals surface area contributed by atoms with Gasteiger partial charge in [0.25, 0.3) is 0 Å². The summed E-state index contributed by atoms with van der Waals surface area (Å²) in [5.41, 5.74) is 2.78. The molecular weight excluding hydrogens is 396 g/mol. The van der Waals surface area contributed by atoms with Gasteiger partial charge in [-0.25, -0.2) is 0 Å². The number of halogens is 1. The molecule has 0 saturated carbocycles. The van der Waals surface area contributed by atoms with E-state index in [9.17, 15) is 9.59 Å². The zero-order valence-corrected chi connectivity index (χ0v) is 16.2. The maximum atomic E-state index is 13.0. The predicted octanol–water partition coefficient (Wildman–Crippen LogP) is 2.84. The normalized spacial score (nSPS) is 16.3. The Morgan fingerprint density at radius 1 is 1.23 bits per heavy atom. The Balaban J connectivity index is 1.84. The van der Waals surface area contributed by atoms with Gasteiger partial charge in [-0.1, -0.05) is 58.4 Å². The van der Waals surface area contributed by atoms with Crippen molar-refractivity contribution in [2.24, 2.45) is 0 Å². The predicted molar refractivity (Wildman–Crippen MR) is 102 cm³/mol. The van der Waals surface area contributed by atoms with E-state index in [1.165, 1.54) is 0 Å². The summed E-state index contributed by atoms with van der Waals surface area (Å²) in [4.78, 5) is 27.2. The van der Waals surface area contributed by atoms with Crippen molar-refractivity contribution in [2.45, 2.75) is 19.0 Å². The minimum atomic E-state index is -0.634. The first-order valence-electron chi connectivity index (χ1n) is 8.49. The van der Waals surface area contributed by atoms with Crippen molar-refractivity contribution in [3.05, 3.63) is 69.7 Å². The molecule has 1 N–H and O–H groups in total. The fourth-order valence-electron chi connectivity index (χ4n) is 3.19. The molecule has 1 aliphatic rings. The first-order valence-corrected chi connectivity index (χ1v) is 9.28. The van der Waals surface area contributed by atoms with Crippen molar-refractivity contribution in [3.8, 4) is 0 Å². The second-order valence-corrected chi connectivity index (χ2v) is 7.02. The van der Waals surface area contributed by atoms with Gasteiger partial charge in [0.2, 0.25) is 11.8 Å². The van der Waals surface area contributed by atoms with E-state index in [1.807, 2.05) is 48.5 Å². The number of hydrogen-bond acceptors (Lipinski definition) is 3. The third-order valence-corrected chi connectivity index (χ3v) is 5.29. The van der Waals surface area contributed by atoms with Crippen LogP contribution in [0.5, 0.6) is 0 Å². The van der Waals surface area contributed by atoms with Gasteiger partial charge < -0.3 is 15.0 Å². The summed E-state index contributed by atoms with van der Waals surface area (Å²) in [6.07, 6.45) is 0.313. The van der Waals surface area contributed by atoms with Gasteiger partial charge in [0.15, 0.2) is 0 Å². The van der Waals surface area contributed by atoms with Crippen molar-refractivity contribution in [1.29, 1.82) is 0 Å². The molecule has 0 aromatic heterocycles. The molecule has 0 spiro atoms. The molecule has 2 amide bonds. The fourth-order valence-corrected chi connectivity index (χ4v) is 3.61. The highest BCUT2D eigenvalue weighted by Gasteiger charge is 2.36. The van der Waals surface area contributed by atoms with E-state index in [0.29, 0.717) is 26.1 Å². The third kappa shape index (κ3) is 3.97. The van der Waals surface area contributed by atoms with Gasteiger partial charge in [-0.05, 0) is 22.8 Å². The maximum absolute atomic E-state index is 13.0. The summed E-state index contributed by atoms with van der Waals surface area (Å²) in [6, 6.07) is 14.7. The zero-order valence-electron chi connectivity index (χ0n) is 14.6. The lowest BCUT2D eigenvalue weighted by molar-refractivity contribution is -0.142. The molecule has 136 valence electrons. The van der Waals surface area contributed by atoms with Crippen LogP contribution in [0.1, 0.15) is 22.7 Å². The van der Waals surface area contributed by atoms with Gasteiger partial charge in [0.05, 0.1) is 13.0 Å². The lowest BCUT2D eigenvalue weighted by atomic mass is 9.91. The third-order valence-electron chi connectivity index (χ3n) is 4.52. The number of fused-ring (bicyclic) bond motifs is 1. The number of carbonyl (C=O) groups is 2. The summed E-state index contributed by atoms with van der Waals surface area (Å²) in [5.74, 6) is -0.237. The Labute approximate surface area is 161 Å². The van der Waals surface area contributed by atoms with E-state index >= 15 is 0 Å². The van der Waals surface area contributed by atoms with Crippen molar-refractivity contribution >= 4 is 27.7 Å². The van der Waals surface area contributed by atoms with E-state index in [4.69, 9.17) is 4.74 Å². The van der Waals surface area contributed by atoms with Crippen LogP contribution in [0.2, 0.25) is 0 Å². The zero-order chi connectivity index (χ0) is 18.5. The van der Waals surface area contributed by atoms with Gasteiger partial charge >= 0.3 is 0 Å². The summed E-state index contributed by atoms with van der Waals surface area (Å²) < 4.78 is 6.06. The number of methoxy groups -OCH3 is 1. The van der Waals surface area contributed by atoms with E-state index in [1.54, 1.807) is 12.0 Å². The molecule has 2 aromatic rings. The molecule has 2 aromatic carbocycles. The monoisotopic (exact) mass is 416 g/mol. The highest BCUT2D eigenvalue weighted by molar-refractivity contribution is 9.10. The second-order valence-electron chi connectivity index (χ2n) is 6.17. The summed E-state index contributed by atoms with van der Waals surface area (Å²) in [6.45, 7) is 1.17. The van der Waals surface area contributed by atoms with Crippen LogP contribution in [0.4, 0.5) is 0 Å². The van der Waals surface area contributed by atoms with E-state index in [2.05, 4.69) is 21.2 Å². The quantitative estimate of drug-likeness (QED) is 0.787. The van der Waals surface area contributed by atoms with Crippen LogP contribution in [0.3, 0.4) is 0 Å². The van der Waals surface area contributed by atoms with Crippen LogP contribution >= 0.6 is 15.9 Å². The van der Waals surface area contributed by atoms with E-state index in [-0.39, 0.29) is 11.8 Å². The van der Waals surface area contributed by atoms with Gasteiger partial charge in [-0.15, -0.1) is 0 Å². The molecule has 0 bridgehead atoms. The van der Waals surface area contributed by atoms with Crippen LogP contribution in [0.25, 0.3) is 0 Å². The molecule has 0 unspecified atom stereocenters. The standard InChI is InChI=1S/C20H21BrN2O3/c1-26-11-10-23-18(24)12-14-6-2-4-8-16(14)19(23)20(25)22-13-15-7-3-5-9-17(15)21/h2-9,19H,10-13H2,1H3,(H,22,25)/t19-/m0/s1. The minimum Gasteiger partial charge on any atom is -0.383 e. The molecular formula is C20H21BrN2O3. The Morgan fingerprint density at radius 3 is 2.73 bits per heavy atom. The van der Waals surface area contributed by atoms with Crippen molar-refractivity contribution < 1.29 is 14.3 Å². The Morgan fingerprint density at radius 2 is 1.96 bits per heavy atom. The van der Waals surface area contributed by atoms with Crippen molar-refractivity contribution in [2.75, 3.05) is 20.3 Å². The number of rotatable bonds is 6. The minimum absolute atomic E-state index is 0.0539. The maximum Gasteiger partial charge on any atom is 0.247 e. The molecule has 0 aliphatic carbocycles. The molecule has 0 radical (unpaired) electrons. The highest BCUT2D eigenvalue weighted by Crippen LogP contribution is 2.30. The number of nitrogens with one attached hydrogen (secondary N) is 1. The molecule has 6 heteroatoms. The Bertz CT molecular complexity index is 809. The first kappa shape index (κ1) is 18.6. The number of amides is 2. The Hall–Kier alpha value is -2.18. The van der Waals surface area contributed by atoms with Gasteiger partial charge in [0, 0.05) is 24.7 Å². The summed E-state index contributed by atoms with van der Waals surface area (Å²) in [5, 5.41) is 2.97. The average molecular weight is 417 g/mol. The van der Waals surface area contributed by atoms with E-state index in [0.717, 1.165) is 21.2 Å². The summed E-state index contributed by atoms with van der Waals surface area (Å²) in [7, 11) is 1.59. The van der Waals surface area contributed by atoms with E-state index < -0.39 is 6.04 Å². The number of benzene rings is 2. The molecule has 1 aliphatic heterocycles. The van der Waals surface area contributed by atoms with Crippen LogP contribution < -0.4 is 5.32 Å². The largest absolute Gasteiger partial charge is 0.383 e. The van der Waals surface area contributed by atoms with Crippen LogP contribution in [-0.2, 0) is 27.3 Å². The fraction of sp³-hybridized carbons (Fsp3) is 0.300. The SMILES string of the molecule is COCCN1C(=O)Cc2ccccc2[C@H]1C(=O)NCc1ccccc1Br. The summed E-state index contributed by atoms with van der Waals surface area (Å²) >= 11 is 3.49. The Kier molecular flexibility index (Phi) is 6.06. The van der Waals surface area contributed by atoms with Gasteiger partial charge in [-0.2, -0.15) is 0 Å². The second kappa shape index (κ2) is 8.47. The van der Waals surface area contributed by atoms with Crippen molar-refractivity contribution in [1.82, 2.24) is 10.2 Å². The van der Waals surface area contributed by atoms with Crippen LogP contribution in [-0.4, -0.2) is 37.0 Å². The molecule has 1 atom stereocenters. The van der Waals surface area contributed by atoms with Gasteiger partial charge in [-0.3, -0.25) is 9.59 Å². The molecule has 0 fully saturated rings. The topological polar surface area (TPSA) is 58.6 Å². The molecule has 5 nitrogen and oxygen atoms in total. The lowest BCUT2D eigenvalue weighted by Gasteiger charge is -2.36. The molecule has 0 saturated heterocycles. The number of nitrogens with zero attached hydrogens (tertiary/aromatic N) is 1. The van der Waals surface area contributed by atoms with Crippen molar-refractivity contribution in [3.63, 3.8) is 0 Å². The lowest BCUT2D eigenvalue weighted by Crippen LogP contribution is -2.48. The molecule has 26 heavy (non-hydrogen) atoms. The highest BCUT2D eigenvalue weighted by atomic mass is 79.9. The number of ether oxygens (including phenoxy) is 1. The molecule has 3 rings (SSSR count). The van der Waals surface area contributed by atoms with Crippen LogP contribution in [0.15, 0.2) is 53.0 Å². The average Bonchev–Trinajstić information content (AvgIpc) is 2.65. The number of hydrogen-bond donors (Lipinski definition) is 1. The van der Waals surface area contributed by atoms with Crippen LogP contribution in [0, 0.1) is 0 Å². The first-order chi connectivity index (χ1) is 12.6.